The molecule has 0 bridgehead atoms. The first kappa shape index (κ1) is 15.4. The summed E-state index contributed by atoms with van der Waals surface area (Å²) in [5.74, 6) is -0.0831. The Labute approximate surface area is 141 Å². The molecule has 1 aromatic carbocycles. The van der Waals surface area contributed by atoms with E-state index in [9.17, 15) is 9.90 Å². The molecule has 5 heteroatoms. The van der Waals surface area contributed by atoms with Gasteiger partial charge in [-0.15, -0.1) is 0 Å². The van der Waals surface area contributed by atoms with Crippen LogP contribution in [-0.2, 0) is 6.42 Å². The number of aromatic nitrogens is 2. The summed E-state index contributed by atoms with van der Waals surface area (Å²) >= 11 is 0. The maximum absolute atomic E-state index is 12.9. The van der Waals surface area contributed by atoms with Crippen LogP contribution in [0, 0.1) is 0 Å². The van der Waals surface area contributed by atoms with E-state index < -0.39 is 0 Å². The largest absolute Gasteiger partial charge is 0.394 e. The molecule has 1 amide bonds. The molecule has 1 unspecified atom stereocenters. The monoisotopic (exact) mass is 325 g/mol. The molecule has 1 fully saturated rings. The molecular formula is C19H23N3O2. The maximum atomic E-state index is 12.9. The lowest BCUT2D eigenvalue weighted by Crippen LogP contribution is -2.41. The van der Waals surface area contributed by atoms with Crippen molar-refractivity contribution < 1.29 is 9.90 Å². The molecule has 1 saturated carbocycles. The van der Waals surface area contributed by atoms with Gasteiger partial charge in [0, 0.05) is 12.7 Å². The highest BCUT2D eigenvalue weighted by Gasteiger charge is 2.32. The molecule has 5 nitrogen and oxygen atoms in total. The molecule has 2 aromatic rings. The van der Waals surface area contributed by atoms with Crippen LogP contribution in [0.1, 0.15) is 59.4 Å². The van der Waals surface area contributed by atoms with E-state index in [1.807, 2.05) is 35.1 Å². The number of aliphatic hydroxyl groups is 1. The first-order valence-corrected chi connectivity index (χ1v) is 8.82. The Morgan fingerprint density at radius 3 is 2.79 bits per heavy atom. The SMILES string of the molecule is O=C(c1ccn(C2CCCC2)n1)N1CCc2ccccc2C1CO. The van der Waals surface area contributed by atoms with E-state index >= 15 is 0 Å². The normalized spacial score (nSPS) is 21.0. The zero-order chi connectivity index (χ0) is 16.5. The summed E-state index contributed by atoms with van der Waals surface area (Å²) in [5, 5.41) is 14.4. The van der Waals surface area contributed by atoms with Crippen LogP contribution in [0.4, 0.5) is 0 Å². The summed E-state index contributed by atoms with van der Waals surface area (Å²) in [6.45, 7) is 0.559. The third kappa shape index (κ3) is 2.63. The Bertz CT molecular complexity index is 734. The molecular weight excluding hydrogens is 302 g/mol. The van der Waals surface area contributed by atoms with E-state index in [0.29, 0.717) is 18.3 Å². The van der Waals surface area contributed by atoms with Crippen LogP contribution < -0.4 is 0 Å². The number of hydrogen-bond donors (Lipinski definition) is 1. The Balaban J connectivity index is 1.58. The second kappa shape index (κ2) is 6.40. The molecule has 1 aliphatic heterocycles. The standard InChI is InChI=1S/C19H23N3O2/c23-13-18-16-8-4-1-5-14(16)9-11-21(18)19(24)17-10-12-22(20-17)15-6-2-3-7-15/h1,4-5,8,10,12,15,18,23H,2-3,6-7,9,11,13H2. The van der Waals surface area contributed by atoms with Crippen LogP contribution in [0.15, 0.2) is 36.5 Å². The van der Waals surface area contributed by atoms with Crippen LogP contribution in [0.2, 0.25) is 0 Å². The third-order valence-electron chi connectivity index (χ3n) is 5.37. The quantitative estimate of drug-likeness (QED) is 0.944. The van der Waals surface area contributed by atoms with Crippen molar-refractivity contribution in [2.45, 2.75) is 44.2 Å². The summed E-state index contributed by atoms with van der Waals surface area (Å²) in [6, 6.07) is 10.0. The average molecular weight is 325 g/mol. The number of benzene rings is 1. The number of fused-ring (bicyclic) bond motifs is 1. The minimum atomic E-state index is -0.279. The Morgan fingerprint density at radius 2 is 2.00 bits per heavy atom. The van der Waals surface area contributed by atoms with Crippen molar-refractivity contribution in [1.29, 1.82) is 0 Å². The molecule has 1 N–H and O–H groups in total. The van der Waals surface area contributed by atoms with E-state index in [0.717, 1.165) is 24.8 Å². The molecule has 1 aliphatic carbocycles. The maximum Gasteiger partial charge on any atom is 0.274 e. The summed E-state index contributed by atoms with van der Waals surface area (Å²) in [7, 11) is 0. The van der Waals surface area contributed by atoms with E-state index in [2.05, 4.69) is 11.2 Å². The number of carbonyl (C=O) groups is 1. The molecule has 1 aromatic heterocycles. The number of rotatable bonds is 3. The zero-order valence-electron chi connectivity index (χ0n) is 13.8. The number of nitrogens with zero attached hydrogens (tertiary/aromatic N) is 3. The van der Waals surface area contributed by atoms with Crippen LogP contribution >= 0.6 is 0 Å². The van der Waals surface area contributed by atoms with Gasteiger partial charge in [-0.25, -0.2) is 0 Å². The fraction of sp³-hybridized carbons (Fsp3) is 0.474. The number of aliphatic hydroxyl groups excluding tert-OH is 1. The third-order valence-corrected chi connectivity index (χ3v) is 5.37. The van der Waals surface area contributed by atoms with Gasteiger partial charge in [0.2, 0.25) is 0 Å². The van der Waals surface area contributed by atoms with Crippen molar-refractivity contribution in [3.8, 4) is 0 Å². The number of amides is 1. The Kier molecular flexibility index (Phi) is 4.10. The zero-order valence-corrected chi connectivity index (χ0v) is 13.8. The van der Waals surface area contributed by atoms with Crippen molar-refractivity contribution >= 4 is 5.91 Å². The minimum absolute atomic E-state index is 0.0634. The van der Waals surface area contributed by atoms with Gasteiger partial charge in [0.25, 0.3) is 5.91 Å². The van der Waals surface area contributed by atoms with E-state index in [1.165, 1.54) is 18.4 Å². The molecule has 126 valence electrons. The van der Waals surface area contributed by atoms with Gasteiger partial charge in [0.1, 0.15) is 5.69 Å². The molecule has 1 atom stereocenters. The van der Waals surface area contributed by atoms with Gasteiger partial charge in [-0.3, -0.25) is 9.48 Å². The first-order valence-electron chi connectivity index (χ1n) is 8.82. The summed E-state index contributed by atoms with van der Waals surface area (Å²) in [4.78, 5) is 14.7. The van der Waals surface area contributed by atoms with Crippen LogP contribution in [0.5, 0.6) is 0 Å². The predicted molar refractivity (Wildman–Crippen MR) is 90.7 cm³/mol. The highest BCUT2D eigenvalue weighted by molar-refractivity contribution is 5.92. The van der Waals surface area contributed by atoms with Crippen molar-refractivity contribution in [3.63, 3.8) is 0 Å². The van der Waals surface area contributed by atoms with Gasteiger partial charge in [-0.05, 0) is 36.5 Å². The van der Waals surface area contributed by atoms with Crippen LogP contribution in [0.3, 0.4) is 0 Å². The fourth-order valence-corrected chi connectivity index (χ4v) is 4.06. The Hall–Kier alpha value is -2.14. The van der Waals surface area contributed by atoms with Crippen molar-refractivity contribution in [3.05, 3.63) is 53.3 Å². The molecule has 24 heavy (non-hydrogen) atoms. The van der Waals surface area contributed by atoms with Gasteiger partial charge in [-0.1, -0.05) is 37.1 Å². The van der Waals surface area contributed by atoms with E-state index in [-0.39, 0.29) is 18.6 Å². The number of hydrogen-bond acceptors (Lipinski definition) is 3. The molecule has 2 aliphatic rings. The molecule has 0 saturated heterocycles. The van der Waals surface area contributed by atoms with Gasteiger partial charge >= 0.3 is 0 Å². The number of carbonyl (C=O) groups excluding carboxylic acids is 1. The Morgan fingerprint density at radius 1 is 1.21 bits per heavy atom. The summed E-state index contributed by atoms with van der Waals surface area (Å²) in [5.41, 5.74) is 2.76. The average Bonchev–Trinajstić information content (AvgIpc) is 3.31. The van der Waals surface area contributed by atoms with Crippen molar-refractivity contribution in [2.24, 2.45) is 0 Å². The van der Waals surface area contributed by atoms with Gasteiger partial charge < -0.3 is 10.0 Å². The highest BCUT2D eigenvalue weighted by atomic mass is 16.3. The highest BCUT2D eigenvalue weighted by Crippen LogP contribution is 2.31. The van der Waals surface area contributed by atoms with Gasteiger partial charge in [0.05, 0.1) is 18.7 Å². The molecule has 0 spiro atoms. The fourth-order valence-electron chi connectivity index (χ4n) is 4.06. The van der Waals surface area contributed by atoms with Gasteiger partial charge in [-0.2, -0.15) is 5.10 Å². The summed E-state index contributed by atoms with van der Waals surface area (Å²) < 4.78 is 1.95. The lowest BCUT2D eigenvalue weighted by atomic mass is 9.93. The van der Waals surface area contributed by atoms with E-state index in [4.69, 9.17) is 0 Å². The van der Waals surface area contributed by atoms with Gasteiger partial charge in [0.15, 0.2) is 0 Å². The second-order valence-electron chi connectivity index (χ2n) is 6.77. The second-order valence-corrected chi connectivity index (χ2v) is 6.77. The van der Waals surface area contributed by atoms with Crippen LogP contribution in [0.25, 0.3) is 0 Å². The predicted octanol–water partition coefficient (Wildman–Crippen LogP) is 2.73. The lowest BCUT2D eigenvalue weighted by molar-refractivity contribution is 0.0561. The first-order chi connectivity index (χ1) is 11.8. The smallest absolute Gasteiger partial charge is 0.274 e. The molecule has 4 rings (SSSR count). The molecule has 0 radical (unpaired) electrons. The van der Waals surface area contributed by atoms with Crippen LogP contribution in [-0.4, -0.2) is 38.8 Å². The molecule has 2 heterocycles. The minimum Gasteiger partial charge on any atom is -0.394 e. The van der Waals surface area contributed by atoms with Crippen molar-refractivity contribution in [2.75, 3.05) is 13.2 Å². The summed E-state index contributed by atoms with van der Waals surface area (Å²) in [6.07, 6.45) is 7.51. The topological polar surface area (TPSA) is 58.4 Å². The van der Waals surface area contributed by atoms with E-state index in [1.54, 1.807) is 4.90 Å². The lowest BCUT2D eigenvalue weighted by Gasteiger charge is -2.36. The van der Waals surface area contributed by atoms with Crippen molar-refractivity contribution in [1.82, 2.24) is 14.7 Å².